The standard InChI is InChI=1S/C29H17Cl4N3O5S/c30-23-21(22(29(39)40)24(31)26(33)25(23)32)27(38)35-16-4-3-5-17(12-16)42-13-20(37)34-15-10-8-14(9-11-15)28-36-18-6-1-2-7-19(18)41-28/h1-12H,13H2,(H,34,37)(H,35,38)(H,39,40). The molecule has 13 heteroatoms. The first-order valence-electron chi connectivity index (χ1n) is 12.0. The highest BCUT2D eigenvalue weighted by molar-refractivity contribution is 8.00. The molecule has 0 radical (unpaired) electrons. The molecule has 212 valence electrons. The molecular formula is C29H17Cl4N3O5S. The number of rotatable bonds is 8. The summed E-state index contributed by atoms with van der Waals surface area (Å²) in [6.45, 7) is 0. The number of fused-ring (bicyclic) bond motifs is 1. The molecule has 0 saturated heterocycles. The SMILES string of the molecule is O=C(CSc1cccc(NC(=O)c2c(Cl)c(Cl)c(Cl)c(Cl)c2C(=O)O)c1)Nc1ccc(-c2nc3ccccc3o2)cc1. The minimum Gasteiger partial charge on any atom is -0.478 e. The summed E-state index contributed by atoms with van der Waals surface area (Å²) in [4.78, 5) is 42.6. The van der Waals surface area contributed by atoms with Crippen LogP contribution in [0.25, 0.3) is 22.6 Å². The molecule has 0 spiro atoms. The number of aromatic nitrogens is 1. The Bertz CT molecular complexity index is 1830. The Kier molecular flexibility index (Phi) is 8.96. The van der Waals surface area contributed by atoms with Gasteiger partial charge in [-0.2, -0.15) is 0 Å². The van der Waals surface area contributed by atoms with Gasteiger partial charge in [0.1, 0.15) is 5.52 Å². The van der Waals surface area contributed by atoms with Gasteiger partial charge in [0.25, 0.3) is 5.91 Å². The topological polar surface area (TPSA) is 122 Å². The molecule has 0 aliphatic rings. The molecule has 5 aromatic rings. The molecule has 0 bridgehead atoms. The molecule has 8 nitrogen and oxygen atoms in total. The predicted octanol–water partition coefficient (Wildman–Crippen LogP) is 8.79. The van der Waals surface area contributed by atoms with E-state index in [1.54, 1.807) is 36.4 Å². The number of aromatic carboxylic acids is 1. The lowest BCUT2D eigenvalue weighted by atomic mass is 10.1. The van der Waals surface area contributed by atoms with Crippen LogP contribution in [0, 0.1) is 0 Å². The lowest BCUT2D eigenvalue weighted by molar-refractivity contribution is -0.113. The first-order chi connectivity index (χ1) is 20.1. The molecule has 1 aromatic heterocycles. The molecule has 0 unspecified atom stereocenters. The number of carboxylic acid groups (broad SMARTS) is 1. The number of carboxylic acids is 1. The first kappa shape index (κ1) is 29.8. The quantitative estimate of drug-likeness (QED) is 0.0864. The third kappa shape index (κ3) is 6.35. The maximum absolute atomic E-state index is 13.0. The van der Waals surface area contributed by atoms with Crippen LogP contribution < -0.4 is 10.6 Å². The van der Waals surface area contributed by atoms with Gasteiger partial charge in [-0.05, 0) is 54.6 Å². The van der Waals surface area contributed by atoms with Gasteiger partial charge in [0.2, 0.25) is 11.8 Å². The number of thioether (sulfide) groups is 1. The number of hydrogen-bond donors (Lipinski definition) is 3. The number of carbonyl (C=O) groups is 3. The third-order valence-electron chi connectivity index (χ3n) is 5.88. The van der Waals surface area contributed by atoms with E-state index in [0.29, 0.717) is 27.7 Å². The number of carbonyl (C=O) groups excluding carboxylic acids is 2. The van der Waals surface area contributed by atoms with Gasteiger partial charge in [0.05, 0.1) is 37.0 Å². The summed E-state index contributed by atoms with van der Waals surface area (Å²) in [5, 5.41) is 13.8. The van der Waals surface area contributed by atoms with E-state index in [1.807, 2.05) is 36.4 Å². The molecule has 5 rings (SSSR count). The summed E-state index contributed by atoms with van der Waals surface area (Å²) in [6.07, 6.45) is 0. The maximum atomic E-state index is 13.0. The van der Waals surface area contributed by atoms with Gasteiger partial charge in [0, 0.05) is 21.8 Å². The first-order valence-corrected chi connectivity index (χ1v) is 14.5. The third-order valence-corrected chi connectivity index (χ3v) is 8.68. The average Bonchev–Trinajstić information content (AvgIpc) is 3.41. The number of nitrogens with one attached hydrogen (secondary N) is 2. The molecule has 1 heterocycles. The van der Waals surface area contributed by atoms with Crippen LogP contribution in [0.15, 0.2) is 82.1 Å². The fraction of sp³-hybridized carbons (Fsp3) is 0.0345. The van der Waals surface area contributed by atoms with Crippen LogP contribution in [0.5, 0.6) is 0 Å². The van der Waals surface area contributed by atoms with E-state index in [0.717, 1.165) is 11.1 Å². The van der Waals surface area contributed by atoms with Crippen LogP contribution in [0.1, 0.15) is 20.7 Å². The van der Waals surface area contributed by atoms with E-state index < -0.39 is 28.0 Å². The van der Waals surface area contributed by atoms with Gasteiger partial charge in [0.15, 0.2) is 5.58 Å². The van der Waals surface area contributed by atoms with E-state index in [9.17, 15) is 19.5 Å². The molecule has 42 heavy (non-hydrogen) atoms. The number of para-hydroxylation sites is 2. The minimum absolute atomic E-state index is 0.0850. The summed E-state index contributed by atoms with van der Waals surface area (Å²) >= 11 is 25.4. The Hall–Kier alpha value is -3.73. The molecule has 0 aliphatic heterocycles. The Balaban J connectivity index is 1.22. The van der Waals surface area contributed by atoms with Crippen LogP contribution >= 0.6 is 58.2 Å². The molecule has 0 atom stereocenters. The largest absolute Gasteiger partial charge is 0.478 e. The predicted molar refractivity (Wildman–Crippen MR) is 167 cm³/mol. The van der Waals surface area contributed by atoms with Crippen molar-refractivity contribution in [2.75, 3.05) is 16.4 Å². The van der Waals surface area contributed by atoms with Crippen LogP contribution in [-0.4, -0.2) is 33.6 Å². The molecule has 4 aromatic carbocycles. The van der Waals surface area contributed by atoms with Crippen molar-refractivity contribution in [3.8, 4) is 11.5 Å². The second kappa shape index (κ2) is 12.6. The van der Waals surface area contributed by atoms with Crippen LogP contribution in [0.2, 0.25) is 20.1 Å². The normalized spacial score (nSPS) is 11.0. The van der Waals surface area contributed by atoms with Crippen molar-refractivity contribution in [3.63, 3.8) is 0 Å². The lowest BCUT2D eigenvalue weighted by Gasteiger charge is -2.14. The zero-order valence-corrected chi connectivity index (χ0v) is 24.9. The van der Waals surface area contributed by atoms with Crippen molar-refractivity contribution >= 4 is 98.4 Å². The Labute approximate surface area is 262 Å². The number of anilines is 2. The molecule has 0 aliphatic carbocycles. The highest BCUT2D eigenvalue weighted by Gasteiger charge is 2.29. The zero-order valence-electron chi connectivity index (χ0n) is 21.1. The monoisotopic (exact) mass is 659 g/mol. The fourth-order valence-electron chi connectivity index (χ4n) is 3.94. The van der Waals surface area contributed by atoms with Crippen molar-refractivity contribution < 1.29 is 23.9 Å². The summed E-state index contributed by atoms with van der Waals surface area (Å²) < 4.78 is 5.78. The number of benzene rings is 4. The number of hydrogen-bond acceptors (Lipinski definition) is 6. The van der Waals surface area contributed by atoms with Crippen molar-refractivity contribution in [1.82, 2.24) is 4.98 Å². The van der Waals surface area contributed by atoms with E-state index in [1.165, 1.54) is 11.8 Å². The van der Waals surface area contributed by atoms with Crippen molar-refractivity contribution in [3.05, 3.63) is 104 Å². The lowest BCUT2D eigenvalue weighted by Crippen LogP contribution is -2.18. The highest BCUT2D eigenvalue weighted by Crippen LogP contribution is 2.42. The van der Waals surface area contributed by atoms with Crippen molar-refractivity contribution in [1.29, 1.82) is 0 Å². The highest BCUT2D eigenvalue weighted by atomic mass is 35.5. The second-order valence-corrected chi connectivity index (χ2v) is 11.3. The zero-order chi connectivity index (χ0) is 30.0. The van der Waals surface area contributed by atoms with E-state index >= 15 is 0 Å². The number of amides is 2. The fourth-order valence-corrected chi connectivity index (χ4v) is 5.72. The summed E-state index contributed by atoms with van der Waals surface area (Å²) in [5.74, 6) is -2.02. The van der Waals surface area contributed by atoms with Crippen molar-refractivity contribution in [2.45, 2.75) is 4.90 Å². The van der Waals surface area contributed by atoms with Gasteiger partial charge in [-0.3, -0.25) is 9.59 Å². The molecule has 3 N–H and O–H groups in total. The molecule has 0 fully saturated rings. The smallest absolute Gasteiger partial charge is 0.338 e. The van der Waals surface area contributed by atoms with E-state index in [-0.39, 0.29) is 26.7 Å². The summed E-state index contributed by atoms with van der Waals surface area (Å²) in [7, 11) is 0. The summed E-state index contributed by atoms with van der Waals surface area (Å²) in [5.41, 5.74) is 2.16. The maximum Gasteiger partial charge on any atom is 0.338 e. The Morgan fingerprint density at radius 3 is 2.17 bits per heavy atom. The second-order valence-electron chi connectivity index (χ2n) is 8.69. The van der Waals surface area contributed by atoms with Crippen LogP contribution in [0.4, 0.5) is 11.4 Å². The number of nitrogens with zero attached hydrogens (tertiary/aromatic N) is 1. The Morgan fingerprint density at radius 2 is 1.48 bits per heavy atom. The molecule has 0 saturated carbocycles. The number of oxazole rings is 1. The van der Waals surface area contributed by atoms with Crippen molar-refractivity contribution in [2.24, 2.45) is 0 Å². The van der Waals surface area contributed by atoms with Gasteiger partial charge < -0.3 is 20.2 Å². The van der Waals surface area contributed by atoms with Gasteiger partial charge >= 0.3 is 5.97 Å². The van der Waals surface area contributed by atoms with Crippen LogP contribution in [0.3, 0.4) is 0 Å². The average molecular weight is 661 g/mol. The molecular weight excluding hydrogens is 644 g/mol. The van der Waals surface area contributed by atoms with E-state index in [2.05, 4.69) is 15.6 Å². The van der Waals surface area contributed by atoms with Crippen LogP contribution in [-0.2, 0) is 4.79 Å². The van der Waals surface area contributed by atoms with Gasteiger partial charge in [-0.15, -0.1) is 11.8 Å². The summed E-state index contributed by atoms with van der Waals surface area (Å²) in [6, 6.07) is 21.3. The Morgan fingerprint density at radius 1 is 0.786 bits per heavy atom. The van der Waals surface area contributed by atoms with Gasteiger partial charge in [-0.25, -0.2) is 9.78 Å². The molecule has 2 amide bonds. The minimum atomic E-state index is -1.50. The van der Waals surface area contributed by atoms with Gasteiger partial charge in [-0.1, -0.05) is 64.6 Å². The number of halogens is 4. The van der Waals surface area contributed by atoms with E-state index in [4.69, 9.17) is 50.8 Å².